The zero-order chi connectivity index (χ0) is 9.97. The van der Waals surface area contributed by atoms with Crippen LogP contribution in [0.1, 0.15) is 39.0 Å². The van der Waals surface area contributed by atoms with Crippen molar-refractivity contribution in [2.75, 3.05) is 13.2 Å². The maximum absolute atomic E-state index is 11.4. The summed E-state index contributed by atoms with van der Waals surface area (Å²) in [5, 5.41) is 0. The van der Waals surface area contributed by atoms with Gasteiger partial charge in [-0.15, -0.1) is 0 Å². The number of rotatable bonds is 2. The standard InChI is InChI=1S/C12H20O2/c1-9-2-3-12(13)7-11(9)6-10-4-5-14-8-10/h9-11H,2-8H2,1H3. The van der Waals surface area contributed by atoms with E-state index in [1.54, 1.807) is 0 Å². The highest BCUT2D eigenvalue weighted by atomic mass is 16.5. The molecule has 3 unspecified atom stereocenters. The molecule has 14 heavy (non-hydrogen) atoms. The maximum atomic E-state index is 11.4. The Kier molecular flexibility index (Phi) is 3.22. The molecule has 2 nitrogen and oxygen atoms in total. The first-order valence-corrected chi connectivity index (χ1v) is 5.85. The molecular formula is C12H20O2. The van der Waals surface area contributed by atoms with Gasteiger partial charge in [-0.3, -0.25) is 4.79 Å². The second kappa shape index (κ2) is 4.43. The van der Waals surface area contributed by atoms with E-state index in [1.165, 1.54) is 12.8 Å². The Balaban J connectivity index is 1.84. The topological polar surface area (TPSA) is 26.3 Å². The Morgan fingerprint density at radius 1 is 1.43 bits per heavy atom. The Bertz CT molecular complexity index is 206. The van der Waals surface area contributed by atoms with Crippen LogP contribution in [0.3, 0.4) is 0 Å². The van der Waals surface area contributed by atoms with Gasteiger partial charge in [-0.1, -0.05) is 6.92 Å². The van der Waals surface area contributed by atoms with Crippen LogP contribution in [0, 0.1) is 17.8 Å². The highest BCUT2D eigenvalue weighted by Gasteiger charge is 2.29. The Labute approximate surface area is 86.0 Å². The van der Waals surface area contributed by atoms with Gasteiger partial charge in [0.1, 0.15) is 5.78 Å². The lowest BCUT2D eigenvalue weighted by Gasteiger charge is -2.29. The van der Waals surface area contributed by atoms with E-state index in [0.29, 0.717) is 11.7 Å². The Morgan fingerprint density at radius 3 is 3.00 bits per heavy atom. The molecule has 0 aromatic heterocycles. The molecule has 3 atom stereocenters. The highest BCUT2D eigenvalue weighted by molar-refractivity contribution is 5.79. The fourth-order valence-electron chi connectivity index (χ4n) is 2.73. The molecule has 0 radical (unpaired) electrons. The van der Waals surface area contributed by atoms with Crippen molar-refractivity contribution in [1.82, 2.24) is 0 Å². The third kappa shape index (κ3) is 2.35. The summed E-state index contributed by atoms with van der Waals surface area (Å²) in [7, 11) is 0. The summed E-state index contributed by atoms with van der Waals surface area (Å²) in [5.74, 6) is 2.59. The minimum Gasteiger partial charge on any atom is -0.381 e. The number of hydrogen-bond donors (Lipinski definition) is 0. The van der Waals surface area contributed by atoms with Crippen molar-refractivity contribution in [2.45, 2.75) is 39.0 Å². The van der Waals surface area contributed by atoms with Gasteiger partial charge in [0.2, 0.25) is 0 Å². The maximum Gasteiger partial charge on any atom is 0.133 e. The highest BCUT2D eigenvalue weighted by Crippen LogP contribution is 2.34. The number of carbonyl (C=O) groups excluding carboxylic acids is 1. The summed E-state index contributed by atoms with van der Waals surface area (Å²) in [4.78, 5) is 11.4. The molecule has 0 amide bonds. The number of Topliss-reactive ketones (excluding diaryl/α,β-unsaturated/α-hetero) is 1. The van der Waals surface area contributed by atoms with Gasteiger partial charge in [-0.2, -0.15) is 0 Å². The van der Waals surface area contributed by atoms with Crippen LogP contribution in [0.5, 0.6) is 0 Å². The molecule has 2 fully saturated rings. The second-order valence-corrected chi connectivity index (χ2v) is 4.98. The summed E-state index contributed by atoms with van der Waals surface area (Å²) in [6.45, 7) is 4.16. The smallest absolute Gasteiger partial charge is 0.133 e. The summed E-state index contributed by atoms with van der Waals surface area (Å²) in [6.07, 6.45) is 5.18. The molecule has 1 saturated carbocycles. The lowest BCUT2D eigenvalue weighted by atomic mass is 9.75. The van der Waals surface area contributed by atoms with Gasteiger partial charge in [0.05, 0.1) is 0 Å². The van der Waals surface area contributed by atoms with Crippen LogP contribution < -0.4 is 0 Å². The Hall–Kier alpha value is -0.370. The van der Waals surface area contributed by atoms with Gasteiger partial charge >= 0.3 is 0 Å². The van der Waals surface area contributed by atoms with Crippen molar-refractivity contribution in [1.29, 1.82) is 0 Å². The van der Waals surface area contributed by atoms with Crippen molar-refractivity contribution in [3.63, 3.8) is 0 Å². The number of ether oxygens (including phenoxy) is 1. The minimum atomic E-state index is 0.479. The fourth-order valence-corrected chi connectivity index (χ4v) is 2.73. The molecule has 1 aliphatic carbocycles. The average molecular weight is 196 g/mol. The lowest BCUT2D eigenvalue weighted by Crippen LogP contribution is -2.25. The van der Waals surface area contributed by atoms with Crippen LogP contribution in [-0.2, 0) is 9.53 Å². The van der Waals surface area contributed by atoms with E-state index in [-0.39, 0.29) is 0 Å². The molecule has 0 aromatic carbocycles. The first-order valence-electron chi connectivity index (χ1n) is 5.85. The van der Waals surface area contributed by atoms with Gasteiger partial charge < -0.3 is 4.74 Å². The van der Waals surface area contributed by atoms with Crippen LogP contribution in [0.2, 0.25) is 0 Å². The predicted molar refractivity (Wildman–Crippen MR) is 55.1 cm³/mol. The first-order chi connectivity index (χ1) is 6.75. The van der Waals surface area contributed by atoms with Gasteiger partial charge in [0.25, 0.3) is 0 Å². The summed E-state index contributed by atoms with van der Waals surface area (Å²) >= 11 is 0. The van der Waals surface area contributed by atoms with E-state index in [4.69, 9.17) is 4.74 Å². The molecule has 0 N–H and O–H groups in total. The van der Waals surface area contributed by atoms with Crippen LogP contribution in [0.25, 0.3) is 0 Å². The minimum absolute atomic E-state index is 0.479. The molecule has 2 aliphatic rings. The molecule has 0 aromatic rings. The van der Waals surface area contributed by atoms with E-state index in [2.05, 4.69) is 6.92 Å². The van der Waals surface area contributed by atoms with Gasteiger partial charge in [-0.05, 0) is 37.0 Å². The summed E-state index contributed by atoms with van der Waals surface area (Å²) < 4.78 is 5.38. The zero-order valence-electron chi connectivity index (χ0n) is 9.00. The molecule has 1 aliphatic heterocycles. The van der Waals surface area contributed by atoms with Crippen LogP contribution in [0.4, 0.5) is 0 Å². The van der Waals surface area contributed by atoms with Crippen LogP contribution in [0.15, 0.2) is 0 Å². The summed E-state index contributed by atoms with van der Waals surface area (Å²) in [5.41, 5.74) is 0. The SMILES string of the molecule is CC1CCC(=O)CC1CC1CCOC1. The number of carbonyl (C=O) groups is 1. The molecule has 2 heteroatoms. The van der Waals surface area contributed by atoms with Crippen molar-refractivity contribution in [2.24, 2.45) is 17.8 Å². The molecule has 80 valence electrons. The molecule has 2 rings (SSSR count). The molecular weight excluding hydrogens is 176 g/mol. The molecule has 0 bridgehead atoms. The lowest BCUT2D eigenvalue weighted by molar-refractivity contribution is -0.122. The molecule has 0 spiro atoms. The van der Waals surface area contributed by atoms with E-state index >= 15 is 0 Å². The van der Waals surface area contributed by atoms with E-state index in [1.807, 2.05) is 0 Å². The van der Waals surface area contributed by atoms with Gasteiger partial charge in [-0.25, -0.2) is 0 Å². The normalized spacial score (nSPS) is 38.9. The molecule has 1 heterocycles. The van der Waals surface area contributed by atoms with Gasteiger partial charge in [0, 0.05) is 26.1 Å². The summed E-state index contributed by atoms with van der Waals surface area (Å²) in [6, 6.07) is 0. The second-order valence-electron chi connectivity index (χ2n) is 4.98. The largest absolute Gasteiger partial charge is 0.381 e. The number of hydrogen-bond acceptors (Lipinski definition) is 2. The number of ketones is 1. The van der Waals surface area contributed by atoms with Crippen molar-refractivity contribution >= 4 is 5.78 Å². The van der Waals surface area contributed by atoms with E-state index in [9.17, 15) is 4.79 Å². The monoisotopic (exact) mass is 196 g/mol. The predicted octanol–water partition coefficient (Wildman–Crippen LogP) is 2.42. The fraction of sp³-hybridized carbons (Fsp3) is 0.917. The van der Waals surface area contributed by atoms with Crippen LogP contribution in [-0.4, -0.2) is 19.0 Å². The first kappa shape index (κ1) is 10.2. The average Bonchev–Trinajstić information content (AvgIpc) is 2.64. The quantitative estimate of drug-likeness (QED) is 0.678. The zero-order valence-corrected chi connectivity index (χ0v) is 9.00. The van der Waals surface area contributed by atoms with Crippen molar-refractivity contribution in [3.8, 4) is 0 Å². The third-order valence-electron chi connectivity index (χ3n) is 3.83. The van der Waals surface area contributed by atoms with Gasteiger partial charge in [0.15, 0.2) is 0 Å². The third-order valence-corrected chi connectivity index (χ3v) is 3.83. The molecule has 1 saturated heterocycles. The van der Waals surface area contributed by atoms with E-state index < -0.39 is 0 Å². The van der Waals surface area contributed by atoms with Crippen molar-refractivity contribution in [3.05, 3.63) is 0 Å². The van der Waals surface area contributed by atoms with E-state index in [0.717, 1.165) is 44.3 Å². The van der Waals surface area contributed by atoms with Crippen molar-refractivity contribution < 1.29 is 9.53 Å². The Morgan fingerprint density at radius 2 is 2.29 bits per heavy atom. The van der Waals surface area contributed by atoms with Crippen LogP contribution >= 0.6 is 0 Å².